The minimum absolute atomic E-state index is 0.192. The maximum absolute atomic E-state index is 12.3. The summed E-state index contributed by atoms with van der Waals surface area (Å²) in [4.78, 5) is 22.8. The van der Waals surface area contributed by atoms with Gasteiger partial charge in [-0.05, 0) is 13.0 Å². The minimum atomic E-state index is -1.45. The van der Waals surface area contributed by atoms with Crippen LogP contribution in [0.5, 0.6) is 0 Å². The standard InChI is InChI=1S/C13H15NO4/c15-9-18-11(10-4-2-1-3-5-10)12(16)13(17)6-7-14-8-13/h1-5,9,11,14,17H,6-8H2. The molecule has 1 aromatic carbocycles. The summed E-state index contributed by atoms with van der Waals surface area (Å²) in [7, 11) is 0. The quantitative estimate of drug-likeness (QED) is 0.729. The highest BCUT2D eigenvalue weighted by Gasteiger charge is 2.43. The second-order valence-corrected chi connectivity index (χ2v) is 4.35. The Balaban J connectivity index is 2.25. The fourth-order valence-corrected chi connectivity index (χ4v) is 2.11. The number of carbonyl (C=O) groups is 2. The first-order chi connectivity index (χ1) is 8.67. The highest BCUT2D eigenvalue weighted by Crippen LogP contribution is 2.27. The summed E-state index contributed by atoms with van der Waals surface area (Å²) in [6.45, 7) is 1.00. The van der Waals surface area contributed by atoms with E-state index in [1.807, 2.05) is 0 Å². The number of carbonyl (C=O) groups excluding carboxylic acids is 2. The molecule has 5 heteroatoms. The maximum atomic E-state index is 12.3. The molecule has 0 bridgehead atoms. The number of benzene rings is 1. The van der Waals surface area contributed by atoms with Gasteiger partial charge in [0, 0.05) is 12.1 Å². The van der Waals surface area contributed by atoms with Crippen LogP contribution in [0, 0.1) is 0 Å². The van der Waals surface area contributed by atoms with E-state index in [0.29, 0.717) is 18.5 Å². The van der Waals surface area contributed by atoms with Gasteiger partial charge in [0.25, 0.3) is 6.47 Å². The van der Waals surface area contributed by atoms with Crippen molar-refractivity contribution >= 4 is 12.3 Å². The number of rotatable bonds is 5. The molecule has 2 atom stereocenters. The summed E-state index contributed by atoms with van der Waals surface area (Å²) in [5, 5.41) is 13.1. The summed E-state index contributed by atoms with van der Waals surface area (Å²) >= 11 is 0. The molecule has 0 saturated carbocycles. The average Bonchev–Trinajstić information content (AvgIpc) is 2.84. The number of hydrogen-bond donors (Lipinski definition) is 2. The molecule has 96 valence electrons. The molecule has 0 radical (unpaired) electrons. The van der Waals surface area contributed by atoms with Crippen LogP contribution in [0.2, 0.25) is 0 Å². The van der Waals surface area contributed by atoms with E-state index in [4.69, 9.17) is 4.74 Å². The summed E-state index contributed by atoms with van der Waals surface area (Å²) in [6.07, 6.45) is -0.717. The van der Waals surface area contributed by atoms with E-state index in [-0.39, 0.29) is 13.0 Å². The van der Waals surface area contributed by atoms with Gasteiger partial charge >= 0.3 is 0 Å². The second-order valence-electron chi connectivity index (χ2n) is 4.35. The van der Waals surface area contributed by atoms with E-state index in [1.165, 1.54) is 0 Å². The van der Waals surface area contributed by atoms with Gasteiger partial charge in [0.05, 0.1) is 0 Å². The Bertz CT molecular complexity index is 426. The van der Waals surface area contributed by atoms with Gasteiger partial charge in [0.1, 0.15) is 5.60 Å². The normalized spacial score (nSPS) is 24.5. The fourth-order valence-electron chi connectivity index (χ4n) is 2.11. The Hall–Kier alpha value is -1.72. The van der Waals surface area contributed by atoms with Crippen molar-refractivity contribution in [3.05, 3.63) is 35.9 Å². The smallest absolute Gasteiger partial charge is 0.294 e. The van der Waals surface area contributed by atoms with Gasteiger partial charge in [-0.2, -0.15) is 0 Å². The zero-order valence-corrected chi connectivity index (χ0v) is 9.83. The van der Waals surface area contributed by atoms with Crippen molar-refractivity contribution in [1.82, 2.24) is 5.32 Å². The van der Waals surface area contributed by atoms with E-state index in [2.05, 4.69) is 5.32 Å². The van der Waals surface area contributed by atoms with Gasteiger partial charge in [-0.25, -0.2) is 0 Å². The first kappa shape index (κ1) is 12.7. The molecule has 1 aromatic rings. The SMILES string of the molecule is O=COC(C(=O)C1(O)CCNC1)c1ccccc1. The second kappa shape index (κ2) is 5.29. The van der Waals surface area contributed by atoms with Crippen LogP contribution < -0.4 is 5.32 Å². The predicted octanol–water partition coefficient (Wildman–Crippen LogP) is 0.194. The van der Waals surface area contributed by atoms with E-state index >= 15 is 0 Å². The third kappa shape index (κ3) is 2.42. The molecule has 2 unspecified atom stereocenters. The Labute approximate surface area is 105 Å². The highest BCUT2D eigenvalue weighted by atomic mass is 16.5. The molecule has 1 aliphatic heterocycles. The summed E-state index contributed by atoms with van der Waals surface area (Å²) in [5.41, 5.74) is -0.890. The van der Waals surface area contributed by atoms with Gasteiger partial charge < -0.3 is 15.2 Å². The van der Waals surface area contributed by atoms with Crippen LogP contribution in [0.15, 0.2) is 30.3 Å². The van der Waals surface area contributed by atoms with Crippen molar-refractivity contribution in [3.8, 4) is 0 Å². The van der Waals surface area contributed by atoms with Crippen LogP contribution in [0.3, 0.4) is 0 Å². The van der Waals surface area contributed by atoms with E-state index < -0.39 is 17.5 Å². The Morgan fingerprint density at radius 1 is 1.44 bits per heavy atom. The lowest BCUT2D eigenvalue weighted by molar-refractivity contribution is -0.154. The molecule has 5 nitrogen and oxygen atoms in total. The number of nitrogens with one attached hydrogen (secondary N) is 1. The van der Waals surface area contributed by atoms with Gasteiger partial charge in [-0.3, -0.25) is 9.59 Å². The Kier molecular flexibility index (Phi) is 3.74. The number of hydrogen-bond acceptors (Lipinski definition) is 5. The topological polar surface area (TPSA) is 75.6 Å². The van der Waals surface area contributed by atoms with E-state index in [0.717, 1.165) is 0 Å². The zero-order chi connectivity index (χ0) is 13.0. The molecule has 0 spiro atoms. The lowest BCUT2D eigenvalue weighted by Gasteiger charge is -2.24. The predicted molar refractivity (Wildman–Crippen MR) is 63.8 cm³/mol. The zero-order valence-electron chi connectivity index (χ0n) is 9.83. The number of ether oxygens (including phenoxy) is 1. The molecule has 2 N–H and O–H groups in total. The molecule has 2 rings (SSSR count). The van der Waals surface area contributed by atoms with Crippen molar-refractivity contribution in [2.45, 2.75) is 18.1 Å². The fraction of sp³-hybridized carbons (Fsp3) is 0.385. The molecule has 0 aliphatic carbocycles. The van der Waals surface area contributed by atoms with Crippen LogP contribution in [0.25, 0.3) is 0 Å². The number of aliphatic hydroxyl groups is 1. The van der Waals surface area contributed by atoms with E-state index in [9.17, 15) is 14.7 Å². The first-order valence-electron chi connectivity index (χ1n) is 5.79. The first-order valence-corrected chi connectivity index (χ1v) is 5.79. The molecule has 0 aromatic heterocycles. The molecular formula is C13H15NO4. The maximum Gasteiger partial charge on any atom is 0.294 e. The lowest BCUT2D eigenvalue weighted by Crippen LogP contribution is -2.44. The molecule has 1 heterocycles. The third-order valence-electron chi connectivity index (χ3n) is 3.12. The van der Waals surface area contributed by atoms with Crippen molar-refractivity contribution in [2.75, 3.05) is 13.1 Å². The largest absolute Gasteiger partial charge is 0.451 e. The summed E-state index contributed by atoms with van der Waals surface area (Å²) < 4.78 is 4.85. The van der Waals surface area contributed by atoms with Crippen molar-refractivity contribution in [1.29, 1.82) is 0 Å². The molecule has 1 saturated heterocycles. The average molecular weight is 249 g/mol. The summed E-state index contributed by atoms with van der Waals surface area (Å²) in [5.74, 6) is -0.481. The molecule has 1 fully saturated rings. The number of ketones is 1. The van der Waals surface area contributed by atoms with Crippen LogP contribution in [-0.4, -0.2) is 36.1 Å². The Morgan fingerprint density at radius 2 is 2.17 bits per heavy atom. The minimum Gasteiger partial charge on any atom is -0.451 e. The Morgan fingerprint density at radius 3 is 2.72 bits per heavy atom. The third-order valence-corrected chi connectivity index (χ3v) is 3.12. The van der Waals surface area contributed by atoms with Crippen molar-refractivity contribution < 1.29 is 19.4 Å². The lowest BCUT2D eigenvalue weighted by atomic mass is 9.90. The molecular weight excluding hydrogens is 234 g/mol. The number of Topliss-reactive ketones (excluding diaryl/α,β-unsaturated/α-hetero) is 1. The molecule has 1 aliphatic rings. The summed E-state index contributed by atoms with van der Waals surface area (Å²) in [6, 6.07) is 8.69. The van der Waals surface area contributed by atoms with Crippen molar-refractivity contribution in [2.24, 2.45) is 0 Å². The van der Waals surface area contributed by atoms with Crippen LogP contribution in [-0.2, 0) is 14.3 Å². The van der Waals surface area contributed by atoms with Gasteiger partial charge in [-0.1, -0.05) is 30.3 Å². The van der Waals surface area contributed by atoms with Gasteiger partial charge in [0.15, 0.2) is 6.10 Å². The van der Waals surface area contributed by atoms with Gasteiger partial charge in [0.2, 0.25) is 5.78 Å². The molecule has 0 amide bonds. The van der Waals surface area contributed by atoms with E-state index in [1.54, 1.807) is 30.3 Å². The highest BCUT2D eigenvalue weighted by molar-refractivity contribution is 5.93. The monoisotopic (exact) mass is 249 g/mol. The molecule has 18 heavy (non-hydrogen) atoms. The van der Waals surface area contributed by atoms with Crippen molar-refractivity contribution in [3.63, 3.8) is 0 Å². The van der Waals surface area contributed by atoms with Crippen LogP contribution >= 0.6 is 0 Å². The van der Waals surface area contributed by atoms with Crippen LogP contribution in [0.1, 0.15) is 18.1 Å². The van der Waals surface area contributed by atoms with Crippen LogP contribution in [0.4, 0.5) is 0 Å². The number of β-amino-alcohol motifs (C(OH)–C–C–N with tert-alkyl or cyclic N) is 1. The van der Waals surface area contributed by atoms with Gasteiger partial charge in [-0.15, -0.1) is 0 Å².